The monoisotopic (exact) mass is 332 g/mol. The quantitative estimate of drug-likeness (QED) is 0.502. The summed E-state index contributed by atoms with van der Waals surface area (Å²) < 4.78 is 0. The molecule has 0 heterocycles. The molecular formula is C14H18Cl2N2O3. The Bertz CT molecular complexity index is 542. The summed E-state index contributed by atoms with van der Waals surface area (Å²) in [4.78, 5) is 22.7. The standard InChI is InChI=1S/C14H18Cl2N2O3/c1-14(2,3)12(6-7-15)17-13(19)10-5-4-9(16)8-11(10)18(20)21/h4-5,8,12H,6-7H2,1-3H3,(H,17,19). The van der Waals surface area contributed by atoms with Crippen molar-refractivity contribution < 1.29 is 9.72 Å². The molecule has 21 heavy (non-hydrogen) atoms. The summed E-state index contributed by atoms with van der Waals surface area (Å²) in [6, 6.07) is 3.80. The normalized spacial score (nSPS) is 12.8. The van der Waals surface area contributed by atoms with Crippen LogP contribution in [0.4, 0.5) is 5.69 Å². The molecule has 1 aromatic carbocycles. The molecule has 0 saturated carbocycles. The lowest BCUT2D eigenvalue weighted by atomic mass is 9.85. The first-order chi connectivity index (χ1) is 9.66. The largest absolute Gasteiger partial charge is 0.349 e. The smallest absolute Gasteiger partial charge is 0.283 e. The van der Waals surface area contributed by atoms with E-state index in [1.54, 1.807) is 0 Å². The van der Waals surface area contributed by atoms with E-state index in [2.05, 4.69) is 5.32 Å². The van der Waals surface area contributed by atoms with E-state index in [4.69, 9.17) is 23.2 Å². The van der Waals surface area contributed by atoms with Crippen LogP contribution in [-0.2, 0) is 0 Å². The number of nitro benzene ring substituents is 1. The van der Waals surface area contributed by atoms with Gasteiger partial charge in [0.15, 0.2) is 0 Å². The molecule has 1 atom stereocenters. The van der Waals surface area contributed by atoms with E-state index >= 15 is 0 Å². The minimum atomic E-state index is -0.617. The molecule has 0 aliphatic heterocycles. The van der Waals surface area contributed by atoms with E-state index < -0.39 is 10.8 Å². The Morgan fingerprint density at radius 2 is 2.05 bits per heavy atom. The Hall–Kier alpha value is -1.33. The lowest BCUT2D eigenvalue weighted by Gasteiger charge is -2.31. The Morgan fingerprint density at radius 3 is 2.52 bits per heavy atom. The fourth-order valence-corrected chi connectivity index (χ4v) is 2.30. The zero-order valence-corrected chi connectivity index (χ0v) is 13.7. The third kappa shape index (κ3) is 4.86. The van der Waals surface area contributed by atoms with Crippen LogP contribution in [0.15, 0.2) is 18.2 Å². The molecule has 0 aliphatic rings. The SMILES string of the molecule is CC(C)(C)C(CCCl)NC(=O)c1ccc(Cl)cc1[N+](=O)[O-]. The summed E-state index contributed by atoms with van der Waals surface area (Å²) in [6.07, 6.45) is 0.582. The van der Waals surface area contributed by atoms with Gasteiger partial charge in [0.1, 0.15) is 5.56 Å². The number of carbonyl (C=O) groups excluding carboxylic acids is 1. The van der Waals surface area contributed by atoms with E-state index in [9.17, 15) is 14.9 Å². The van der Waals surface area contributed by atoms with Gasteiger partial charge in [-0.15, -0.1) is 11.6 Å². The van der Waals surface area contributed by atoms with E-state index in [0.717, 1.165) is 0 Å². The third-order valence-corrected chi connectivity index (χ3v) is 3.60. The molecule has 116 valence electrons. The van der Waals surface area contributed by atoms with Gasteiger partial charge in [0.2, 0.25) is 0 Å². The van der Waals surface area contributed by atoms with Crippen LogP contribution in [0.1, 0.15) is 37.6 Å². The number of alkyl halides is 1. The first-order valence-corrected chi connectivity index (χ1v) is 7.39. The molecule has 0 aromatic heterocycles. The van der Waals surface area contributed by atoms with E-state index in [0.29, 0.717) is 12.3 Å². The molecule has 1 unspecified atom stereocenters. The van der Waals surface area contributed by atoms with Crippen LogP contribution < -0.4 is 5.32 Å². The molecule has 7 heteroatoms. The second-order valence-corrected chi connectivity index (χ2v) is 6.60. The van der Waals surface area contributed by atoms with Gasteiger partial charge in [-0.05, 0) is 24.0 Å². The fraction of sp³-hybridized carbons (Fsp3) is 0.500. The number of nitrogens with zero attached hydrogens (tertiary/aromatic N) is 1. The van der Waals surface area contributed by atoms with Crippen molar-refractivity contribution >= 4 is 34.8 Å². The highest BCUT2D eigenvalue weighted by Gasteiger charge is 2.28. The molecule has 0 spiro atoms. The predicted molar refractivity (Wildman–Crippen MR) is 84.2 cm³/mol. The molecule has 0 radical (unpaired) electrons. The van der Waals surface area contributed by atoms with Crippen LogP contribution >= 0.6 is 23.2 Å². The molecule has 1 amide bonds. The number of nitro groups is 1. The van der Waals surface area contributed by atoms with Gasteiger partial charge in [-0.2, -0.15) is 0 Å². The van der Waals surface area contributed by atoms with Gasteiger partial charge in [0, 0.05) is 23.0 Å². The van der Waals surface area contributed by atoms with Gasteiger partial charge in [-0.1, -0.05) is 32.4 Å². The van der Waals surface area contributed by atoms with Crippen LogP contribution in [0.25, 0.3) is 0 Å². The zero-order valence-electron chi connectivity index (χ0n) is 12.2. The number of carbonyl (C=O) groups is 1. The lowest BCUT2D eigenvalue weighted by Crippen LogP contribution is -2.44. The summed E-state index contributed by atoms with van der Waals surface area (Å²) in [7, 11) is 0. The molecule has 0 saturated heterocycles. The number of amides is 1. The number of hydrogen-bond acceptors (Lipinski definition) is 3. The van der Waals surface area contributed by atoms with Crippen LogP contribution in [0.5, 0.6) is 0 Å². The van der Waals surface area contributed by atoms with Gasteiger partial charge in [-0.25, -0.2) is 0 Å². The molecular weight excluding hydrogens is 315 g/mol. The van der Waals surface area contributed by atoms with Crippen molar-refractivity contribution in [1.29, 1.82) is 0 Å². The van der Waals surface area contributed by atoms with E-state index in [-0.39, 0.29) is 27.7 Å². The Balaban J connectivity index is 3.06. The Labute approximate surface area is 133 Å². The number of hydrogen-bond donors (Lipinski definition) is 1. The minimum absolute atomic E-state index is 0.00628. The van der Waals surface area contributed by atoms with Crippen LogP contribution in [0.3, 0.4) is 0 Å². The van der Waals surface area contributed by atoms with Gasteiger partial charge in [-0.3, -0.25) is 14.9 Å². The number of rotatable bonds is 5. The van der Waals surface area contributed by atoms with Crippen molar-refractivity contribution in [2.24, 2.45) is 5.41 Å². The first-order valence-electron chi connectivity index (χ1n) is 6.47. The number of halogens is 2. The topological polar surface area (TPSA) is 72.2 Å². The van der Waals surface area contributed by atoms with Gasteiger partial charge >= 0.3 is 0 Å². The van der Waals surface area contributed by atoms with Crippen LogP contribution in [0.2, 0.25) is 5.02 Å². The Morgan fingerprint density at radius 1 is 1.43 bits per heavy atom. The lowest BCUT2D eigenvalue weighted by molar-refractivity contribution is -0.385. The minimum Gasteiger partial charge on any atom is -0.349 e. The van der Waals surface area contributed by atoms with E-state index in [1.165, 1.54) is 18.2 Å². The molecule has 0 fully saturated rings. The van der Waals surface area contributed by atoms with Crippen LogP contribution in [-0.4, -0.2) is 22.8 Å². The number of benzene rings is 1. The second kappa shape index (κ2) is 7.09. The van der Waals surface area contributed by atoms with Crippen molar-refractivity contribution in [1.82, 2.24) is 5.32 Å². The molecule has 0 aliphatic carbocycles. The Kier molecular flexibility index (Phi) is 5.98. The molecule has 5 nitrogen and oxygen atoms in total. The highest BCUT2D eigenvalue weighted by Crippen LogP contribution is 2.26. The van der Waals surface area contributed by atoms with Crippen molar-refractivity contribution in [3.63, 3.8) is 0 Å². The van der Waals surface area contributed by atoms with Gasteiger partial charge < -0.3 is 5.32 Å². The van der Waals surface area contributed by atoms with Gasteiger partial charge in [0.05, 0.1) is 4.92 Å². The second-order valence-electron chi connectivity index (χ2n) is 5.79. The van der Waals surface area contributed by atoms with Crippen molar-refractivity contribution in [3.05, 3.63) is 38.9 Å². The summed E-state index contributed by atoms with van der Waals surface area (Å²) >= 11 is 11.5. The maximum atomic E-state index is 12.3. The summed E-state index contributed by atoms with van der Waals surface area (Å²) in [5.41, 5.74) is -0.516. The maximum absolute atomic E-state index is 12.3. The van der Waals surface area contributed by atoms with Crippen molar-refractivity contribution in [2.75, 3.05) is 5.88 Å². The summed E-state index contributed by atoms with van der Waals surface area (Å²) in [5.74, 6) is -0.103. The van der Waals surface area contributed by atoms with Crippen LogP contribution in [0, 0.1) is 15.5 Å². The third-order valence-electron chi connectivity index (χ3n) is 3.15. The summed E-state index contributed by atoms with van der Waals surface area (Å²) in [6.45, 7) is 5.92. The van der Waals surface area contributed by atoms with Crippen molar-refractivity contribution in [2.45, 2.75) is 33.2 Å². The summed E-state index contributed by atoms with van der Waals surface area (Å²) in [5, 5.41) is 14.1. The molecule has 1 aromatic rings. The maximum Gasteiger partial charge on any atom is 0.283 e. The highest BCUT2D eigenvalue weighted by atomic mass is 35.5. The molecule has 0 bridgehead atoms. The highest BCUT2D eigenvalue weighted by molar-refractivity contribution is 6.31. The first kappa shape index (κ1) is 17.7. The average Bonchev–Trinajstić information content (AvgIpc) is 2.36. The van der Waals surface area contributed by atoms with E-state index in [1.807, 2.05) is 20.8 Å². The number of nitrogens with one attached hydrogen (secondary N) is 1. The zero-order chi connectivity index (χ0) is 16.2. The average molecular weight is 333 g/mol. The van der Waals surface area contributed by atoms with Gasteiger partial charge in [0.25, 0.3) is 11.6 Å². The molecule has 1 N–H and O–H groups in total. The predicted octanol–water partition coefficient (Wildman–Crippen LogP) is 4.02. The molecule has 1 rings (SSSR count). The fourth-order valence-electron chi connectivity index (χ4n) is 1.91. The van der Waals surface area contributed by atoms with Crippen molar-refractivity contribution in [3.8, 4) is 0 Å².